The van der Waals surface area contributed by atoms with Gasteiger partial charge < -0.3 is 20.1 Å². The average molecular weight is 445 g/mol. The fraction of sp³-hybridized carbons (Fsp3) is 0.435. The summed E-state index contributed by atoms with van der Waals surface area (Å²) in [5.41, 5.74) is 3.62. The van der Waals surface area contributed by atoms with Gasteiger partial charge >= 0.3 is 11.9 Å². The first kappa shape index (κ1) is 23.5. The van der Waals surface area contributed by atoms with Gasteiger partial charge in [0.2, 0.25) is 0 Å². The van der Waals surface area contributed by atoms with E-state index in [0.717, 1.165) is 49.8 Å². The van der Waals surface area contributed by atoms with Crippen LogP contribution in [0.4, 0.5) is 4.39 Å². The topological polar surface area (TPSA) is 111 Å². The number of carbonyl (C=O) groups is 2. The van der Waals surface area contributed by atoms with Gasteiger partial charge in [-0.3, -0.25) is 4.68 Å². The van der Waals surface area contributed by atoms with Crippen LogP contribution in [-0.4, -0.2) is 61.5 Å². The smallest absolute Gasteiger partial charge is 0.414 e. The van der Waals surface area contributed by atoms with Gasteiger partial charge in [0, 0.05) is 35.9 Å². The Kier molecular flexibility index (Phi) is 7.63. The van der Waals surface area contributed by atoms with Gasteiger partial charge in [-0.1, -0.05) is 0 Å². The van der Waals surface area contributed by atoms with Crippen LogP contribution in [0.3, 0.4) is 0 Å². The molecule has 8 nitrogen and oxygen atoms in total. The molecule has 0 radical (unpaired) electrons. The first-order valence-electron chi connectivity index (χ1n) is 10.7. The standard InChI is InChI=1S/C21H27FN4.C2H2O4/c1-15(2)26-14-16(12-24-26)5-8-25-9-6-17(7-10-25)20-13-23-21-4-3-18(22)11-19(20)21;3-1(4)2(5)6/h3-4,11-15,17,23H,5-10H2,1-2H3;(H,3,4)(H,5,6). The SMILES string of the molecule is CC(C)n1cc(CCN2CCC(c3c[nH]c4ccc(F)cc34)CC2)cn1.O=C(O)C(=O)O. The van der Waals surface area contributed by atoms with E-state index < -0.39 is 11.9 Å². The third-order valence-electron chi connectivity index (χ3n) is 5.79. The maximum absolute atomic E-state index is 13.6. The summed E-state index contributed by atoms with van der Waals surface area (Å²) >= 11 is 0. The molecule has 0 aliphatic carbocycles. The summed E-state index contributed by atoms with van der Waals surface area (Å²) in [7, 11) is 0. The van der Waals surface area contributed by atoms with Crippen molar-refractivity contribution in [3.8, 4) is 0 Å². The molecule has 2 aromatic heterocycles. The molecule has 0 unspecified atom stereocenters. The summed E-state index contributed by atoms with van der Waals surface area (Å²) in [6, 6.07) is 5.44. The molecule has 0 spiro atoms. The number of rotatable bonds is 5. The minimum absolute atomic E-state index is 0.155. The Hall–Kier alpha value is -3.20. The summed E-state index contributed by atoms with van der Waals surface area (Å²) in [4.78, 5) is 24.0. The number of aromatic amines is 1. The lowest BCUT2D eigenvalue weighted by Gasteiger charge is -2.31. The molecule has 0 saturated carbocycles. The van der Waals surface area contributed by atoms with Gasteiger partial charge in [-0.2, -0.15) is 5.10 Å². The molecule has 0 bridgehead atoms. The van der Waals surface area contributed by atoms with Crippen LogP contribution in [0.1, 0.15) is 49.8 Å². The number of hydrogen-bond acceptors (Lipinski definition) is 4. The quantitative estimate of drug-likeness (QED) is 0.518. The van der Waals surface area contributed by atoms with Crippen LogP contribution in [0.25, 0.3) is 10.9 Å². The normalized spacial score (nSPS) is 15.0. The maximum Gasteiger partial charge on any atom is 0.414 e. The van der Waals surface area contributed by atoms with Crippen LogP contribution in [0.15, 0.2) is 36.8 Å². The lowest BCUT2D eigenvalue weighted by molar-refractivity contribution is -0.159. The molecule has 0 amide bonds. The Morgan fingerprint density at radius 1 is 1.22 bits per heavy atom. The average Bonchev–Trinajstić information content (AvgIpc) is 3.40. The van der Waals surface area contributed by atoms with Gasteiger partial charge in [0.15, 0.2) is 0 Å². The van der Waals surface area contributed by atoms with E-state index >= 15 is 0 Å². The monoisotopic (exact) mass is 444 g/mol. The fourth-order valence-electron chi connectivity index (χ4n) is 4.00. The van der Waals surface area contributed by atoms with Crippen molar-refractivity contribution >= 4 is 22.8 Å². The number of carboxylic acid groups (broad SMARTS) is 2. The number of aromatic nitrogens is 3. The van der Waals surface area contributed by atoms with E-state index in [0.29, 0.717) is 12.0 Å². The van der Waals surface area contributed by atoms with Gasteiger partial charge in [-0.15, -0.1) is 0 Å². The second kappa shape index (κ2) is 10.4. The van der Waals surface area contributed by atoms with E-state index in [-0.39, 0.29) is 5.82 Å². The first-order valence-corrected chi connectivity index (χ1v) is 10.7. The number of H-pyrrole nitrogens is 1. The Bertz CT molecular complexity index is 1060. The van der Waals surface area contributed by atoms with Crippen molar-refractivity contribution in [2.45, 2.75) is 45.1 Å². The van der Waals surface area contributed by atoms with Crippen LogP contribution >= 0.6 is 0 Å². The maximum atomic E-state index is 13.6. The molecule has 1 fully saturated rings. The third kappa shape index (κ3) is 5.94. The predicted molar refractivity (Wildman–Crippen MR) is 118 cm³/mol. The van der Waals surface area contributed by atoms with Gasteiger partial charge in [0.05, 0.1) is 6.20 Å². The first-order chi connectivity index (χ1) is 15.2. The fourth-order valence-corrected chi connectivity index (χ4v) is 4.00. The molecule has 1 aliphatic rings. The lowest BCUT2D eigenvalue weighted by Crippen LogP contribution is -2.34. The van der Waals surface area contributed by atoms with E-state index in [2.05, 4.69) is 41.2 Å². The van der Waals surface area contributed by atoms with Crippen molar-refractivity contribution in [2.24, 2.45) is 0 Å². The van der Waals surface area contributed by atoms with Gasteiger partial charge in [-0.05, 0) is 81.4 Å². The Morgan fingerprint density at radius 2 is 1.91 bits per heavy atom. The largest absolute Gasteiger partial charge is 0.473 e. The highest BCUT2D eigenvalue weighted by Gasteiger charge is 2.23. The Balaban J connectivity index is 0.000000427. The Labute approximate surface area is 185 Å². The van der Waals surface area contributed by atoms with Crippen molar-refractivity contribution in [1.29, 1.82) is 0 Å². The number of halogens is 1. The summed E-state index contributed by atoms with van der Waals surface area (Å²) in [6.45, 7) is 7.59. The number of hydrogen-bond donors (Lipinski definition) is 3. The summed E-state index contributed by atoms with van der Waals surface area (Å²) in [5, 5.41) is 20.3. The van der Waals surface area contributed by atoms with Crippen molar-refractivity contribution < 1.29 is 24.2 Å². The van der Waals surface area contributed by atoms with Crippen LogP contribution in [-0.2, 0) is 16.0 Å². The molecule has 3 heterocycles. The molecule has 172 valence electrons. The molecule has 1 aliphatic heterocycles. The number of fused-ring (bicyclic) bond motifs is 1. The number of aliphatic carboxylic acids is 2. The molecule has 3 aromatic rings. The highest BCUT2D eigenvalue weighted by molar-refractivity contribution is 6.27. The van der Waals surface area contributed by atoms with Crippen molar-refractivity contribution in [3.63, 3.8) is 0 Å². The summed E-state index contributed by atoms with van der Waals surface area (Å²) < 4.78 is 15.6. The minimum Gasteiger partial charge on any atom is -0.473 e. The van der Waals surface area contributed by atoms with Gasteiger partial charge in [0.25, 0.3) is 0 Å². The van der Waals surface area contributed by atoms with E-state index in [1.807, 2.05) is 16.9 Å². The molecule has 9 heteroatoms. The minimum atomic E-state index is -1.82. The van der Waals surface area contributed by atoms with E-state index in [1.54, 1.807) is 6.07 Å². The van der Waals surface area contributed by atoms with Crippen molar-refractivity contribution in [2.75, 3.05) is 19.6 Å². The number of carboxylic acids is 2. The number of nitrogens with one attached hydrogen (secondary N) is 1. The van der Waals surface area contributed by atoms with E-state index in [4.69, 9.17) is 19.8 Å². The number of piperidine rings is 1. The highest BCUT2D eigenvalue weighted by atomic mass is 19.1. The molecule has 3 N–H and O–H groups in total. The molecule has 1 aromatic carbocycles. The molecule has 0 atom stereocenters. The molecule has 4 rings (SSSR count). The summed E-state index contributed by atoms with van der Waals surface area (Å²) in [6.07, 6.45) is 9.55. The van der Waals surface area contributed by atoms with Crippen LogP contribution in [0.2, 0.25) is 0 Å². The van der Waals surface area contributed by atoms with Gasteiger partial charge in [0.1, 0.15) is 5.82 Å². The van der Waals surface area contributed by atoms with Crippen molar-refractivity contribution in [3.05, 3.63) is 53.7 Å². The van der Waals surface area contributed by atoms with Crippen LogP contribution in [0.5, 0.6) is 0 Å². The molecule has 32 heavy (non-hydrogen) atoms. The van der Waals surface area contributed by atoms with Crippen LogP contribution in [0, 0.1) is 5.82 Å². The molecule has 1 saturated heterocycles. The molecular weight excluding hydrogens is 415 g/mol. The molecular formula is C23H29FN4O4. The second-order valence-corrected chi connectivity index (χ2v) is 8.33. The van der Waals surface area contributed by atoms with E-state index in [9.17, 15) is 4.39 Å². The number of likely N-dealkylation sites (tertiary alicyclic amines) is 1. The third-order valence-corrected chi connectivity index (χ3v) is 5.79. The summed E-state index contributed by atoms with van der Waals surface area (Å²) in [5.74, 6) is -3.28. The predicted octanol–water partition coefficient (Wildman–Crippen LogP) is 3.66. The van der Waals surface area contributed by atoms with Crippen molar-refractivity contribution in [1.82, 2.24) is 19.7 Å². The van der Waals surface area contributed by atoms with Crippen LogP contribution < -0.4 is 0 Å². The zero-order valence-electron chi connectivity index (χ0n) is 18.3. The zero-order chi connectivity index (χ0) is 23.3. The van der Waals surface area contributed by atoms with Gasteiger partial charge in [-0.25, -0.2) is 14.0 Å². The number of benzene rings is 1. The Morgan fingerprint density at radius 3 is 2.50 bits per heavy atom. The zero-order valence-corrected chi connectivity index (χ0v) is 18.3. The highest BCUT2D eigenvalue weighted by Crippen LogP contribution is 2.33. The lowest BCUT2D eigenvalue weighted by atomic mass is 9.89. The number of nitrogens with zero attached hydrogens (tertiary/aromatic N) is 3. The second-order valence-electron chi connectivity index (χ2n) is 8.33. The van der Waals surface area contributed by atoms with E-state index in [1.165, 1.54) is 17.2 Å².